The third-order valence-electron chi connectivity index (χ3n) is 0.961. The first-order valence-corrected chi connectivity index (χ1v) is 4.17. The third-order valence-corrected chi connectivity index (χ3v) is 1.58. The van der Waals surface area contributed by atoms with Gasteiger partial charge in [0.15, 0.2) is 0 Å². The zero-order chi connectivity index (χ0) is 8.69. The standard InChI is InChI=1S/C9H11BrO/c1-4-7-9(11-6-3)8(10)5-2/h2,4,7H,6H2,1,3H3/b7-4-,9-8-. The largest absolute Gasteiger partial charge is 0.492 e. The highest BCUT2D eigenvalue weighted by Gasteiger charge is 1.96. The van der Waals surface area contributed by atoms with Crippen LogP contribution in [0.15, 0.2) is 22.4 Å². The van der Waals surface area contributed by atoms with Crippen LogP contribution in [0, 0.1) is 12.3 Å². The van der Waals surface area contributed by atoms with E-state index in [-0.39, 0.29) is 0 Å². The van der Waals surface area contributed by atoms with E-state index in [1.807, 2.05) is 26.0 Å². The summed E-state index contributed by atoms with van der Waals surface area (Å²) in [6.45, 7) is 4.45. The Kier molecular flexibility index (Phi) is 5.68. The van der Waals surface area contributed by atoms with E-state index >= 15 is 0 Å². The molecule has 0 spiro atoms. The van der Waals surface area contributed by atoms with Crippen LogP contribution in [0.4, 0.5) is 0 Å². The lowest BCUT2D eigenvalue weighted by Crippen LogP contribution is -1.89. The number of halogens is 1. The van der Waals surface area contributed by atoms with Crippen LogP contribution in [0.1, 0.15) is 13.8 Å². The van der Waals surface area contributed by atoms with Gasteiger partial charge in [-0.05, 0) is 35.9 Å². The van der Waals surface area contributed by atoms with Gasteiger partial charge in [0.25, 0.3) is 0 Å². The fraction of sp³-hybridized carbons (Fsp3) is 0.333. The van der Waals surface area contributed by atoms with Crippen molar-refractivity contribution in [2.24, 2.45) is 0 Å². The molecule has 0 aliphatic rings. The monoisotopic (exact) mass is 214 g/mol. The molecule has 0 saturated heterocycles. The summed E-state index contributed by atoms with van der Waals surface area (Å²) in [5.41, 5.74) is 0. The summed E-state index contributed by atoms with van der Waals surface area (Å²) >= 11 is 3.21. The molecule has 0 amide bonds. The number of hydrogen-bond donors (Lipinski definition) is 0. The molecule has 2 heteroatoms. The second-order valence-corrected chi connectivity index (χ2v) is 2.55. The molecule has 0 rings (SSSR count). The second-order valence-electron chi connectivity index (χ2n) is 1.76. The molecule has 0 saturated carbocycles. The van der Waals surface area contributed by atoms with E-state index in [4.69, 9.17) is 11.2 Å². The van der Waals surface area contributed by atoms with Gasteiger partial charge in [-0.25, -0.2) is 0 Å². The fourth-order valence-corrected chi connectivity index (χ4v) is 0.809. The maximum absolute atomic E-state index is 5.24. The van der Waals surface area contributed by atoms with Crippen LogP contribution in [-0.2, 0) is 4.74 Å². The van der Waals surface area contributed by atoms with Crippen LogP contribution in [0.2, 0.25) is 0 Å². The van der Waals surface area contributed by atoms with Crippen molar-refractivity contribution in [1.29, 1.82) is 0 Å². The molecule has 0 heterocycles. The average molecular weight is 215 g/mol. The summed E-state index contributed by atoms with van der Waals surface area (Å²) in [6.07, 6.45) is 8.87. The molecule has 0 aromatic carbocycles. The van der Waals surface area contributed by atoms with E-state index in [0.717, 1.165) is 0 Å². The molecule has 0 unspecified atom stereocenters. The van der Waals surface area contributed by atoms with Crippen molar-refractivity contribution in [2.45, 2.75) is 13.8 Å². The van der Waals surface area contributed by atoms with E-state index in [0.29, 0.717) is 16.8 Å². The number of terminal acetylenes is 1. The minimum absolute atomic E-state index is 0.621. The predicted molar refractivity (Wildman–Crippen MR) is 51.2 cm³/mol. The molecule has 0 bridgehead atoms. The van der Waals surface area contributed by atoms with Gasteiger partial charge in [0.05, 0.1) is 6.61 Å². The molecule has 0 aliphatic carbocycles. The first-order chi connectivity index (χ1) is 5.26. The van der Waals surface area contributed by atoms with Gasteiger partial charge < -0.3 is 4.74 Å². The van der Waals surface area contributed by atoms with Gasteiger partial charge in [-0.2, -0.15) is 0 Å². The summed E-state index contributed by atoms with van der Waals surface area (Å²) in [5.74, 6) is 3.16. The van der Waals surface area contributed by atoms with Gasteiger partial charge >= 0.3 is 0 Å². The second kappa shape index (κ2) is 6.06. The van der Waals surface area contributed by atoms with Crippen molar-refractivity contribution in [3.8, 4) is 12.3 Å². The predicted octanol–water partition coefficient (Wildman–Crippen LogP) is 2.84. The minimum Gasteiger partial charge on any atom is -0.492 e. The molecule has 0 atom stereocenters. The zero-order valence-corrected chi connectivity index (χ0v) is 8.31. The zero-order valence-electron chi connectivity index (χ0n) is 6.73. The molecule has 0 aliphatic heterocycles. The van der Waals surface area contributed by atoms with E-state index < -0.39 is 0 Å². The molecular formula is C9H11BrO. The normalized spacial score (nSPS) is 12.5. The molecule has 0 aromatic heterocycles. The average Bonchev–Trinajstić information content (AvgIpc) is 2.03. The molecular weight excluding hydrogens is 204 g/mol. The summed E-state index contributed by atoms with van der Waals surface area (Å²) in [6, 6.07) is 0. The fourth-order valence-electron chi connectivity index (χ4n) is 0.563. The van der Waals surface area contributed by atoms with Gasteiger partial charge in [0.2, 0.25) is 0 Å². The van der Waals surface area contributed by atoms with Gasteiger partial charge in [0, 0.05) is 0 Å². The van der Waals surface area contributed by atoms with Crippen molar-refractivity contribution < 1.29 is 4.74 Å². The Morgan fingerprint density at radius 2 is 2.36 bits per heavy atom. The van der Waals surface area contributed by atoms with Crippen LogP contribution in [0.25, 0.3) is 0 Å². The molecule has 0 aromatic rings. The van der Waals surface area contributed by atoms with Gasteiger partial charge in [-0.1, -0.05) is 12.0 Å². The van der Waals surface area contributed by atoms with Crippen LogP contribution >= 0.6 is 15.9 Å². The first-order valence-electron chi connectivity index (χ1n) is 3.38. The van der Waals surface area contributed by atoms with Crippen LogP contribution in [0.3, 0.4) is 0 Å². The Balaban J connectivity index is 4.46. The van der Waals surface area contributed by atoms with Gasteiger partial charge in [-0.15, -0.1) is 6.42 Å². The maximum atomic E-state index is 5.24. The first kappa shape index (κ1) is 10.3. The lowest BCUT2D eigenvalue weighted by Gasteiger charge is -2.02. The molecule has 60 valence electrons. The number of rotatable bonds is 3. The smallest absolute Gasteiger partial charge is 0.141 e. The Morgan fingerprint density at radius 3 is 2.73 bits per heavy atom. The highest BCUT2D eigenvalue weighted by atomic mass is 79.9. The Labute approximate surface area is 76.3 Å². The molecule has 0 fully saturated rings. The summed E-state index contributed by atoms with van der Waals surface area (Å²) in [7, 11) is 0. The van der Waals surface area contributed by atoms with Crippen molar-refractivity contribution in [1.82, 2.24) is 0 Å². The Bertz CT molecular complexity index is 208. The summed E-state index contributed by atoms with van der Waals surface area (Å²) in [5, 5.41) is 0. The van der Waals surface area contributed by atoms with Crippen molar-refractivity contribution >= 4 is 15.9 Å². The Hall–Kier alpha value is -0.680. The summed E-state index contributed by atoms with van der Waals surface area (Å²) in [4.78, 5) is 0. The molecule has 11 heavy (non-hydrogen) atoms. The van der Waals surface area contributed by atoms with Crippen LogP contribution in [-0.4, -0.2) is 6.61 Å². The lowest BCUT2D eigenvalue weighted by atomic mass is 10.4. The van der Waals surface area contributed by atoms with Gasteiger partial charge in [0.1, 0.15) is 10.2 Å². The van der Waals surface area contributed by atoms with E-state index in [9.17, 15) is 0 Å². The highest BCUT2D eigenvalue weighted by Crippen LogP contribution is 2.13. The van der Waals surface area contributed by atoms with E-state index in [1.54, 1.807) is 0 Å². The van der Waals surface area contributed by atoms with Crippen molar-refractivity contribution in [3.63, 3.8) is 0 Å². The molecule has 0 radical (unpaired) electrons. The quantitative estimate of drug-likeness (QED) is 0.399. The van der Waals surface area contributed by atoms with Crippen molar-refractivity contribution in [2.75, 3.05) is 6.61 Å². The van der Waals surface area contributed by atoms with Crippen molar-refractivity contribution in [3.05, 3.63) is 22.4 Å². The SMILES string of the molecule is C#C/C(Br)=C(\C=C/C)OCC. The Morgan fingerprint density at radius 1 is 1.73 bits per heavy atom. The number of ether oxygens (including phenoxy) is 1. The van der Waals surface area contributed by atoms with Gasteiger partial charge in [-0.3, -0.25) is 0 Å². The van der Waals surface area contributed by atoms with E-state index in [2.05, 4.69) is 21.9 Å². The maximum Gasteiger partial charge on any atom is 0.141 e. The molecule has 1 nitrogen and oxygen atoms in total. The molecule has 0 N–H and O–H groups in total. The number of allylic oxidation sites excluding steroid dienone is 3. The topological polar surface area (TPSA) is 9.23 Å². The third kappa shape index (κ3) is 3.90. The lowest BCUT2D eigenvalue weighted by molar-refractivity contribution is 0.242. The van der Waals surface area contributed by atoms with Crippen LogP contribution < -0.4 is 0 Å². The van der Waals surface area contributed by atoms with Crippen LogP contribution in [0.5, 0.6) is 0 Å². The highest BCUT2D eigenvalue weighted by molar-refractivity contribution is 9.12. The minimum atomic E-state index is 0.621. The summed E-state index contributed by atoms with van der Waals surface area (Å²) < 4.78 is 5.89. The van der Waals surface area contributed by atoms with E-state index in [1.165, 1.54) is 0 Å². The number of hydrogen-bond acceptors (Lipinski definition) is 1.